The number of rotatable bonds is 7. The van der Waals surface area contributed by atoms with E-state index in [2.05, 4.69) is 5.32 Å². The number of hydrogen-bond acceptors (Lipinski definition) is 5. The third-order valence-corrected chi connectivity index (χ3v) is 6.43. The van der Waals surface area contributed by atoms with Gasteiger partial charge in [0.2, 0.25) is 11.8 Å². The van der Waals surface area contributed by atoms with Gasteiger partial charge in [-0.15, -0.1) is 0 Å². The number of para-hydroxylation sites is 1. The van der Waals surface area contributed by atoms with Crippen LogP contribution >= 0.6 is 11.6 Å². The molecule has 2 aliphatic rings. The second-order valence-electron chi connectivity index (χ2n) is 8.53. The van der Waals surface area contributed by atoms with Crippen LogP contribution in [0.3, 0.4) is 0 Å². The number of halogens is 1. The molecule has 1 aliphatic carbocycles. The summed E-state index contributed by atoms with van der Waals surface area (Å²) in [6.07, 6.45) is 4.15. The van der Waals surface area contributed by atoms with Crippen LogP contribution in [0.1, 0.15) is 41.6 Å². The zero-order chi connectivity index (χ0) is 24.1. The smallest absolute Gasteiger partial charge is 0.260 e. The summed E-state index contributed by atoms with van der Waals surface area (Å²) in [4.78, 5) is 42.1. The van der Waals surface area contributed by atoms with E-state index in [1.807, 2.05) is 12.1 Å². The molecule has 9 heteroatoms. The molecule has 0 radical (unpaired) electrons. The SMILES string of the molecule is O=C(CN1Cc2ccccc2N(C(=O)c2ccc(OCCO)cc2Cl)CC1=O)NC1CCCC1. The van der Waals surface area contributed by atoms with Gasteiger partial charge in [-0.05, 0) is 42.7 Å². The number of ether oxygens (including phenoxy) is 1. The molecule has 0 spiro atoms. The van der Waals surface area contributed by atoms with Crippen LogP contribution in [0.4, 0.5) is 5.69 Å². The Hall–Kier alpha value is -3.10. The van der Waals surface area contributed by atoms with Gasteiger partial charge in [0.15, 0.2) is 0 Å². The fourth-order valence-electron chi connectivity index (χ4n) is 4.43. The molecule has 0 aromatic heterocycles. The summed E-state index contributed by atoms with van der Waals surface area (Å²) in [5.74, 6) is -0.483. The van der Waals surface area contributed by atoms with Crippen LogP contribution in [0, 0.1) is 0 Å². The van der Waals surface area contributed by atoms with Gasteiger partial charge in [-0.25, -0.2) is 0 Å². The van der Waals surface area contributed by atoms with Gasteiger partial charge in [-0.2, -0.15) is 0 Å². The first-order valence-electron chi connectivity index (χ1n) is 11.5. The predicted octanol–water partition coefficient (Wildman–Crippen LogP) is 2.76. The lowest BCUT2D eigenvalue weighted by Crippen LogP contribution is -2.45. The maximum absolute atomic E-state index is 13.5. The number of carbonyl (C=O) groups excluding carboxylic acids is 3. The van der Waals surface area contributed by atoms with Gasteiger partial charge in [0, 0.05) is 18.3 Å². The lowest BCUT2D eigenvalue weighted by Gasteiger charge is -2.23. The second-order valence-corrected chi connectivity index (χ2v) is 8.94. The van der Waals surface area contributed by atoms with Gasteiger partial charge in [-0.1, -0.05) is 42.6 Å². The molecule has 180 valence electrons. The summed E-state index contributed by atoms with van der Waals surface area (Å²) in [7, 11) is 0. The molecule has 1 saturated carbocycles. The van der Waals surface area contributed by atoms with Crippen molar-refractivity contribution < 1.29 is 24.2 Å². The van der Waals surface area contributed by atoms with Crippen LogP contribution in [0.5, 0.6) is 5.75 Å². The standard InChI is InChI=1S/C25H28ClN3O5/c26-21-13-19(34-12-11-30)9-10-20(21)25(33)29-16-24(32)28(14-17-5-1-4-8-22(17)29)15-23(31)27-18-6-2-3-7-18/h1,4-5,8-10,13,18,30H,2-3,6-7,11-12,14-16H2,(H,27,31). The van der Waals surface area contributed by atoms with E-state index in [-0.39, 0.29) is 61.3 Å². The molecule has 0 unspecified atom stereocenters. The van der Waals surface area contributed by atoms with Crippen molar-refractivity contribution in [3.8, 4) is 5.75 Å². The summed E-state index contributed by atoms with van der Waals surface area (Å²) in [5, 5.41) is 12.1. The number of amides is 3. The highest BCUT2D eigenvalue weighted by atomic mass is 35.5. The molecule has 2 aromatic rings. The first kappa shape index (κ1) is 24.0. The van der Waals surface area contributed by atoms with E-state index in [0.29, 0.717) is 11.4 Å². The van der Waals surface area contributed by atoms with E-state index >= 15 is 0 Å². The van der Waals surface area contributed by atoms with Crippen molar-refractivity contribution in [3.05, 3.63) is 58.6 Å². The first-order valence-corrected chi connectivity index (χ1v) is 11.8. The van der Waals surface area contributed by atoms with Crippen molar-refractivity contribution >= 4 is 35.0 Å². The van der Waals surface area contributed by atoms with E-state index in [9.17, 15) is 14.4 Å². The molecule has 4 rings (SSSR count). The fraction of sp³-hybridized carbons (Fsp3) is 0.400. The maximum Gasteiger partial charge on any atom is 0.260 e. The van der Waals surface area contributed by atoms with Gasteiger partial charge in [0.1, 0.15) is 18.9 Å². The average Bonchev–Trinajstić information content (AvgIpc) is 3.29. The molecule has 1 fully saturated rings. The third kappa shape index (κ3) is 5.51. The zero-order valence-corrected chi connectivity index (χ0v) is 19.6. The van der Waals surface area contributed by atoms with Gasteiger partial charge in [0.25, 0.3) is 5.91 Å². The molecule has 2 N–H and O–H groups in total. The van der Waals surface area contributed by atoms with Crippen molar-refractivity contribution in [3.63, 3.8) is 0 Å². The lowest BCUT2D eigenvalue weighted by molar-refractivity contribution is -0.135. The second kappa shape index (κ2) is 10.9. The van der Waals surface area contributed by atoms with Gasteiger partial charge >= 0.3 is 0 Å². The van der Waals surface area contributed by atoms with Crippen LogP contribution in [0.25, 0.3) is 0 Å². The summed E-state index contributed by atoms with van der Waals surface area (Å²) in [5.41, 5.74) is 1.61. The lowest BCUT2D eigenvalue weighted by atomic mass is 10.1. The van der Waals surface area contributed by atoms with Crippen LogP contribution in [-0.2, 0) is 16.1 Å². The molecule has 0 atom stereocenters. The fourth-order valence-corrected chi connectivity index (χ4v) is 4.68. The summed E-state index contributed by atoms with van der Waals surface area (Å²) >= 11 is 6.37. The maximum atomic E-state index is 13.5. The average molecular weight is 486 g/mol. The number of anilines is 1. The highest BCUT2D eigenvalue weighted by Crippen LogP contribution is 2.30. The van der Waals surface area contributed by atoms with Crippen molar-refractivity contribution in [2.24, 2.45) is 0 Å². The van der Waals surface area contributed by atoms with Gasteiger partial charge in [0.05, 0.1) is 23.7 Å². The predicted molar refractivity (Wildman–Crippen MR) is 128 cm³/mol. The normalized spacial score (nSPS) is 16.2. The Balaban J connectivity index is 1.54. The van der Waals surface area contributed by atoms with Crippen LogP contribution < -0.4 is 15.0 Å². The Kier molecular flexibility index (Phi) is 7.70. The summed E-state index contributed by atoms with van der Waals surface area (Å²) in [6, 6.07) is 12.1. The minimum Gasteiger partial charge on any atom is -0.491 e. The third-order valence-electron chi connectivity index (χ3n) is 6.12. The van der Waals surface area contributed by atoms with Crippen LogP contribution in [0.2, 0.25) is 5.02 Å². The van der Waals surface area contributed by atoms with Crippen LogP contribution in [0.15, 0.2) is 42.5 Å². The van der Waals surface area contributed by atoms with E-state index in [1.165, 1.54) is 15.9 Å². The van der Waals surface area contributed by atoms with Gasteiger partial charge < -0.3 is 20.1 Å². The number of carbonyl (C=O) groups is 3. The molecular weight excluding hydrogens is 458 g/mol. The number of nitrogens with one attached hydrogen (secondary N) is 1. The first-order chi connectivity index (χ1) is 16.5. The van der Waals surface area contributed by atoms with Crippen molar-refractivity contribution in [2.45, 2.75) is 38.3 Å². The summed E-state index contributed by atoms with van der Waals surface area (Å²) < 4.78 is 5.35. The zero-order valence-electron chi connectivity index (χ0n) is 18.8. The van der Waals surface area contributed by atoms with Gasteiger partial charge in [-0.3, -0.25) is 19.3 Å². The molecule has 0 bridgehead atoms. The Morgan fingerprint density at radius 3 is 2.62 bits per heavy atom. The molecule has 3 amide bonds. The minimum absolute atomic E-state index is 0.0522. The molecular formula is C25H28ClN3O5. The number of aliphatic hydroxyl groups excluding tert-OH is 1. The number of nitrogens with zero attached hydrogens (tertiary/aromatic N) is 2. The number of aliphatic hydroxyl groups is 1. The Morgan fingerprint density at radius 2 is 1.88 bits per heavy atom. The number of fused-ring (bicyclic) bond motifs is 1. The van der Waals surface area contributed by atoms with Crippen molar-refractivity contribution in [2.75, 3.05) is 31.2 Å². The topological polar surface area (TPSA) is 99.2 Å². The highest BCUT2D eigenvalue weighted by molar-refractivity contribution is 6.34. The minimum atomic E-state index is -0.420. The Bertz CT molecular complexity index is 1070. The van der Waals surface area contributed by atoms with Crippen LogP contribution in [-0.4, -0.2) is 60.1 Å². The quantitative estimate of drug-likeness (QED) is 0.628. The van der Waals surface area contributed by atoms with E-state index < -0.39 is 5.91 Å². The molecule has 1 aliphatic heterocycles. The Labute approximate surface area is 203 Å². The van der Waals surface area contributed by atoms with E-state index in [0.717, 1.165) is 31.2 Å². The van der Waals surface area contributed by atoms with Crippen molar-refractivity contribution in [1.29, 1.82) is 0 Å². The highest BCUT2D eigenvalue weighted by Gasteiger charge is 2.31. The monoisotopic (exact) mass is 485 g/mol. The molecule has 8 nitrogen and oxygen atoms in total. The molecule has 1 heterocycles. The van der Waals surface area contributed by atoms with E-state index in [1.54, 1.807) is 24.3 Å². The number of hydrogen-bond donors (Lipinski definition) is 2. The molecule has 34 heavy (non-hydrogen) atoms. The Morgan fingerprint density at radius 1 is 1.12 bits per heavy atom. The largest absolute Gasteiger partial charge is 0.491 e. The molecule has 0 saturated heterocycles. The molecule has 2 aromatic carbocycles. The van der Waals surface area contributed by atoms with Crippen molar-refractivity contribution in [1.82, 2.24) is 10.2 Å². The summed E-state index contributed by atoms with van der Waals surface area (Å²) in [6.45, 7) is -0.0462. The number of benzene rings is 2. The van der Waals surface area contributed by atoms with E-state index in [4.69, 9.17) is 21.4 Å².